The van der Waals surface area contributed by atoms with Crippen molar-refractivity contribution in [3.63, 3.8) is 0 Å². The summed E-state index contributed by atoms with van der Waals surface area (Å²) in [6.45, 7) is 3.93. The number of nitrogens with zero attached hydrogens (tertiary/aromatic N) is 2. The maximum atomic E-state index is 11.5. The number of anilines is 1. The molecule has 0 aliphatic rings. The Balaban J connectivity index is 1.92. The van der Waals surface area contributed by atoms with Gasteiger partial charge in [-0.2, -0.15) is 0 Å². The van der Waals surface area contributed by atoms with Crippen LogP contribution in [0.3, 0.4) is 0 Å². The van der Waals surface area contributed by atoms with E-state index >= 15 is 0 Å². The molecule has 0 fully saturated rings. The van der Waals surface area contributed by atoms with Crippen molar-refractivity contribution in [2.45, 2.75) is 6.42 Å². The first-order valence-corrected chi connectivity index (χ1v) is 7.14. The molecular formula is C14H16N4O2S. The van der Waals surface area contributed by atoms with E-state index in [2.05, 4.69) is 27.4 Å². The number of hydrogen-bond donors (Lipinski definition) is 2. The Hall–Kier alpha value is -2.41. The largest absolute Gasteiger partial charge is 0.497 e. The van der Waals surface area contributed by atoms with Gasteiger partial charge in [-0.3, -0.25) is 5.32 Å². The molecule has 2 amide bonds. The van der Waals surface area contributed by atoms with E-state index in [9.17, 15) is 4.79 Å². The predicted octanol–water partition coefficient (Wildman–Crippen LogP) is 2.45. The van der Waals surface area contributed by atoms with Crippen LogP contribution < -0.4 is 15.4 Å². The molecule has 110 valence electrons. The summed E-state index contributed by atoms with van der Waals surface area (Å²) in [6, 6.07) is 7.44. The Bertz CT molecular complexity index is 610. The van der Waals surface area contributed by atoms with Crippen molar-refractivity contribution in [2.24, 2.45) is 0 Å². The third-order valence-corrected chi connectivity index (χ3v) is 3.45. The molecule has 0 radical (unpaired) electrons. The summed E-state index contributed by atoms with van der Waals surface area (Å²) < 4.78 is 5.11. The van der Waals surface area contributed by atoms with Crippen LogP contribution in [-0.2, 0) is 6.42 Å². The van der Waals surface area contributed by atoms with Gasteiger partial charge in [0.15, 0.2) is 0 Å². The highest BCUT2D eigenvalue weighted by molar-refractivity contribution is 7.15. The van der Waals surface area contributed by atoms with Gasteiger partial charge < -0.3 is 10.1 Å². The SMILES string of the molecule is C=CCNC(=O)Nc1nnc(Cc2ccc(OC)cc2)s1. The zero-order valence-corrected chi connectivity index (χ0v) is 12.4. The minimum absolute atomic E-state index is 0.318. The number of amides is 2. The van der Waals surface area contributed by atoms with Crippen molar-refractivity contribution < 1.29 is 9.53 Å². The lowest BCUT2D eigenvalue weighted by molar-refractivity contribution is 0.253. The normalized spacial score (nSPS) is 9.95. The third kappa shape index (κ3) is 4.57. The monoisotopic (exact) mass is 304 g/mol. The Labute approximate surface area is 126 Å². The Morgan fingerprint density at radius 1 is 1.38 bits per heavy atom. The van der Waals surface area contributed by atoms with Crippen LogP contribution in [0.1, 0.15) is 10.6 Å². The van der Waals surface area contributed by atoms with E-state index in [0.717, 1.165) is 16.3 Å². The van der Waals surface area contributed by atoms with E-state index in [1.165, 1.54) is 11.3 Å². The molecule has 0 bridgehead atoms. The summed E-state index contributed by atoms with van der Waals surface area (Å²) in [7, 11) is 1.63. The van der Waals surface area contributed by atoms with Crippen LogP contribution in [-0.4, -0.2) is 29.9 Å². The van der Waals surface area contributed by atoms with E-state index in [4.69, 9.17) is 4.74 Å². The first-order chi connectivity index (χ1) is 10.2. The average Bonchev–Trinajstić information content (AvgIpc) is 2.93. The number of urea groups is 1. The summed E-state index contributed by atoms with van der Waals surface area (Å²) in [5, 5.41) is 14.5. The molecule has 2 rings (SSSR count). The second kappa shape index (κ2) is 7.39. The van der Waals surface area contributed by atoms with Gasteiger partial charge in [-0.05, 0) is 17.7 Å². The molecule has 0 atom stereocenters. The number of benzene rings is 1. The van der Waals surface area contributed by atoms with Crippen LogP contribution in [0.2, 0.25) is 0 Å². The van der Waals surface area contributed by atoms with Gasteiger partial charge in [0.05, 0.1) is 7.11 Å². The van der Waals surface area contributed by atoms with Gasteiger partial charge >= 0.3 is 6.03 Å². The van der Waals surface area contributed by atoms with E-state index < -0.39 is 0 Å². The highest BCUT2D eigenvalue weighted by atomic mass is 32.1. The predicted molar refractivity (Wildman–Crippen MR) is 82.9 cm³/mol. The summed E-state index contributed by atoms with van der Waals surface area (Å²) in [6.07, 6.45) is 2.27. The lowest BCUT2D eigenvalue weighted by Gasteiger charge is -2.01. The number of ether oxygens (including phenoxy) is 1. The molecule has 7 heteroatoms. The van der Waals surface area contributed by atoms with E-state index in [0.29, 0.717) is 18.1 Å². The molecule has 2 aromatic rings. The fourth-order valence-corrected chi connectivity index (χ4v) is 2.37. The average molecular weight is 304 g/mol. The molecule has 21 heavy (non-hydrogen) atoms. The van der Waals surface area contributed by atoms with Crippen molar-refractivity contribution in [2.75, 3.05) is 19.0 Å². The maximum Gasteiger partial charge on any atom is 0.321 e. The van der Waals surface area contributed by atoms with E-state index in [1.54, 1.807) is 13.2 Å². The van der Waals surface area contributed by atoms with Crippen LogP contribution in [0, 0.1) is 0 Å². The molecule has 1 heterocycles. The van der Waals surface area contributed by atoms with Crippen molar-refractivity contribution >= 4 is 22.5 Å². The fourth-order valence-electron chi connectivity index (χ4n) is 1.60. The maximum absolute atomic E-state index is 11.5. The van der Waals surface area contributed by atoms with Crippen molar-refractivity contribution in [1.82, 2.24) is 15.5 Å². The summed E-state index contributed by atoms with van der Waals surface area (Å²) in [5.41, 5.74) is 1.11. The minimum atomic E-state index is -0.318. The van der Waals surface area contributed by atoms with Gasteiger partial charge in [0, 0.05) is 13.0 Å². The number of hydrogen-bond acceptors (Lipinski definition) is 5. The van der Waals surface area contributed by atoms with Gasteiger partial charge in [-0.25, -0.2) is 4.79 Å². The summed E-state index contributed by atoms with van der Waals surface area (Å²) in [4.78, 5) is 11.5. The summed E-state index contributed by atoms with van der Waals surface area (Å²) >= 11 is 1.35. The molecule has 2 N–H and O–H groups in total. The molecule has 0 aliphatic carbocycles. The quantitative estimate of drug-likeness (QED) is 0.804. The molecule has 0 spiro atoms. The highest BCUT2D eigenvalue weighted by Crippen LogP contribution is 2.20. The van der Waals surface area contributed by atoms with E-state index in [1.807, 2.05) is 24.3 Å². The Morgan fingerprint density at radius 3 is 2.81 bits per heavy atom. The first-order valence-electron chi connectivity index (χ1n) is 6.32. The number of carbonyl (C=O) groups excluding carboxylic acids is 1. The molecule has 0 unspecified atom stereocenters. The highest BCUT2D eigenvalue weighted by Gasteiger charge is 2.08. The zero-order chi connectivity index (χ0) is 15.1. The third-order valence-electron chi connectivity index (χ3n) is 2.61. The number of carbonyl (C=O) groups is 1. The molecule has 0 saturated carbocycles. The van der Waals surface area contributed by atoms with Gasteiger partial charge in [-0.1, -0.05) is 29.5 Å². The van der Waals surface area contributed by atoms with Crippen molar-refractivity contribution in [1.29, 1.82) is 0 Å². The summed E-state index contributed by atoms with van der Waals surface area (Å²) in [5.74, 6) is 0.817. The lowest BCUT2D eigenvalue weighted by atomic mass is 10.1. The Kier molecular flexibility index (Phi) is 5.28. The van der Waals surface area contributed by atoms with Gasteiger partial charge in [0.2, 0.25) is 5.13 Å². The standard InChI is InChI=1S/C14H16N4O2S/c1-3-8-15-13(19)16-14-18-17-12(21-14)9-10-4-6-11(20-2)7-5-10/h3-7H,1,8-9H2,2H3,(H2,15,16,18,19). The lowest BCUT2D eigenvalue weighted by Crippen LogP contribution is -2.28. The minimum Gasteiger partial charge on any atom is -0.497 e. The van der Waals surface area contributed by atoms with Crippen molar-refractivity contribution in [3.05, 3.63) is 47.5 Å². The topological polar surface area (TPSA) is 76.1 Å². The smallest absolute Gasteiger partial charge is 0.321 e. The second-order valence-electron chi connectivity index (χ2n) is 4.15. The number of nitrogens with one attached hydrogen (secondary N) is 2. The molecular weight excluding hydrogens is 288 g/mol. The van der Waals surface area contributed by atoms with Crippen LogP contribution in [0.5, 0.6) is 5.75 Å². The fraction of sp³-hybridized carbons (Fsp3) is 0.214. The molecule has 1 aromatic heterocycles. The van der Waals surface area contributed by atoms with Gasteiger partial charge in [-0.15, -0.1) is 16.8 Å². The Morgan fingerprint density at radius 2 is 2.14 bits per heavy atom. The zero-order valence-electron chi connectivity index (χ0n) is 11.6. The molecule has 0 saturated heterocycles. The molecule has 1 aromatic carbocycles. The number of rotatable bonds is 6. The van der Waals surface area contributed by atoms with E-state index in [-0.39, 0.29) is 6.03 Å². The van der Waals surface area contributed by atoms with Crippen molar-refractivity contribution in [3.8, 4) is 5.75 Å². The first kappa shape index (κ1) is 15.0. The van der Waals surface area contributed by atoms with Gasteiger partial charge in [0.1, 0.15) is 10.8 Å². The number of methoxy groups -OCH3 is 1. The second-order valence-corrected chi connectivity index (χ2v) is 5.21. The molecule has 6 nitrogen and oxygen atoms in total. The van der Waals surface area contributed by atoms with Crippen LogP contribution in [0.15, 0.2) is 36.9 Å². The van der Waals surface area contributed by atoms with Gasteiger partial charge in [0.25, 0.3) is 0 Å². The van der Waals surface area contributed by atoms with Crippen LogP contribution in [0.4, 0.5) is 9.93 Å². The molecule has 0 aliphatic heterocycles. The number of aromatic nitrogens is 2. The van der Waals surface area contributed by atoms with Crippen LogP contribution in [0.25, 0.3) is 0 Å². The van der Waals surface area contributed by atoms with Crippen LogP contribution >= 0.6 is 11.3 Å².